The molecule has 4 aliphatic carbocycles. The Hall–Kier alpha value is -1.17. The van der Waals surface area contributed by atoms with Crippen molar-refractivity contribution in [1.29, 1.82) is 0 Å². The third kappa shape index (κ3) is 3.83. The van der Waals surface area contributed by atoms with E-state index in [4.69, 9.17) is 4.18 Å². The van der Waals surface area contributed by atoms with Crippen LogP contribution in [0.5, 0.6) is 0 Å². The first kappa shape index (κ1) is 23.6. The second kappa shape index (κ2) is 8.20. The molecule has 1 N–H and O–H groups in total. The highest BCUT2D eigenvalue weighted by Gasteiger charge is 2.59. The van der Waals surface area contributed by atoms with Crippen LogP contribution < -0.4 is 0 Å². The van der Waals surface area contributed by atoms with Crippen molar-refractivity contribution >= 4 is 10.1 Å². The van der Waals surface area contributed by atoms with E-state index in [2.05, 4.69) is 19.9 Å². The molecule has 8 atom stereocenters. The van der Waals surface area contributed by atoms with E-state index in [1.165, 1.54) is 24.8 Å². The lowest BCUT2D eigenvalue weighted by Crippen LogP contribution is -2.51. The maximum absolute atomic E-state index is 12.9. The lowest BCUT2D eigenvalue weighted by atomic mass is 9.47. The first-order chi connectivity index (χ1) is 15.5. The van der Waals surface area contributed by atoms with Crippen LogP contribution in [-0.4, -0.2) is 25.7 Å². The Bertz CT molecular complexity index is 1030. The fourth-order valence-electron chi connectivity index (χ4n) is 8.48. The maximum Gasteiger partial charge on any atom is 0.297 e. The molecule has 182 valence electrons. The lowest BCUT2D eigenvalue weighted by Gasteiger charge is -2.58. The van der Waals surface area contributed by atoms with Gasteiger partial charge in [-0.2, -0.15) is 8.42 Å². The molecule has 0 bridgehead atoms. The Morgan fingerprint density at radius 3 is 2.45 bits per heavy atom. The van der Waals surface area contributed by atoms with Crippen molar-refractivity contribution in [3.05, 3.63) is 41.5 Å². The molecule has 0 amide bonds. The van der Waals surface area contributed by atoms with Crippen LogP contribution in [0, 0.1) is 41.4 Å². The standard InChI is InChI=1S/C28H40O4S/c1-18-5-8-22(9-6-18)33(30,31)32-21-13-15-27(3)20(17-21)7-10-23-25-12-11-24(19(2)29)28(25,4)16-14-26(23)27/h5-9,19,21,23-26,29H,10-17H2,1-4H3/t19-,21?,23+,24-,25+,26+,27+,28-/m1/s1. The van der Waals surface area contributed by atoms with Gasteiger partial charge in [-0.15, -0.1) is 0 Å². The second-order valence-electron chi connectivity index (χ2n) is 12.0. The summed E-state index contributed by atoms with van der Waals surface area (Å²) < 4.78 is 31.5. The monoisotopic (exact) mass is 472 g/mol. The average Bonchev–Trinajstić information content (AvgIpc) is 3.11. The van der Waals surface area contributed by atoms with Gasteiger partial charge in [-0.3, -0.25) is 4.18 Å². The number of benzene rings is 1. The summed E-state index contributed by atoms with van der Waals surface area (Å²) in [7, 11) is -3.74. The normalized spacial score (nSPS) is 41.5. The highest BCUT2D eigenvalue weighted by Crippen LogP contribution is 2.66. The molecule has 1 aromatic rings. The van der Waals surface area contributed by atoms with Gasteiger partial charge in [-0.1, -0.05) is 43.2 Å². The Kier molecular flexibility index (Phi) is 5.86. The van der Waals surface area contributed by atoms with Gasteiger partial charge in [0.1, 0.15) is 0 Å². The molecule has 0 aliphatic heterocycles. The van der Waals surface area contributed by atoms with Gasteiger partial charge in [0.25, 0.3) is 10.1 Å². The quantitative estimate of drug-likeness (QED) is 0.429. The van der Waals surface area contributed by atoms with Gasteiger partial charge in [-0.25, -0.2) is 0 Å². The van der Waals surface area contributed by atoms with Gasteiger partial charge in [0, 0.05) is 0 Å². The SMILES string of the molecule is Cc1ccc(S(=O)(=O)OC2CC[C@@]3(C)C(=CC[C@H]4[C@@H]5CC[C@H]([C@@H](C)O)[C@@]5(C)CC[C@@H]43)C2)cc1. The molecule has 0 saturated heterocycles. The zero-order valence-corrected chi connectivity index (χ0v) is 21.4. The minimum absolute atomic E-state index is 0.153. The highest BCUT2D eigenvalue weighted by molar-refractivity contribution is 7.86. The molecule has 0 aromatic heterocycles. The summed E-state index contributed by atoms with van der Waals surface area (Å²) in [5.41, 5.74) is 2.88. The van der Waals surface area contributed by atoms with Crippen LogP contribution in [0.3, 0.4) is 0 Å². The Morgan fingerprint density at radius 1 is 1.03 bits per heavy atom. The van der Waals surface area contributed by atoms with Gasteiger partial charge in [0.15, 0.2) is 0 Å². The summed E-state index contributed by atoms with van der Waals surface area (Å²) in [6, 6.07) is 6.92. The predicted octanol–water partition coefficient (Wildman–Crippen LogP) is 6.03. The van der Waals surface area contributed by atoms with E-state index in [0.717, 1.165) is 37.7 Å². The van der Waals surface area contributed by atoms with Crippen LogP contribution in [-0.2, 0) is 14.3 Å². The van der Waals surface area contributed by atoms with Gasteiger partial charge >= 0.3 is 0 Å². The molecule has 3 saturated carbocycles. The van der Waals surface area contributed by atoms with Gasteiger partial charge in [0.05, 0.1) is 17.1 Å². The molecule has 1 aromatic carbocycles. The number of hydrogen-bond acceptors (Lipinski definition) is 4. The molecule has 4 aliphatic rings. The summed E-state index contributed by atoms with van der Waals surface area (Å²) in [6.07, 6.45) is 10.4. The van der Waals surface area contributed by atoms with Crippen LogP contribution in [0.2, 0.25) is 0 Å². The van der Waals surface area contributed by atoms with E-state index in [1.54, 1.807) is 12.1 Å². The van der Waals surface area contributed by atoms with Crippen molar-refractivity contribution in [3.63, 3.8) is 0 Å². The molecule has 0 spiro atoms. The third-order valence-corrected chi connectivity index (χ3v) is 11.7. The molecule has 5 heteroatoms. The van der Waals surface area contributed by atoms with Crippen molar-refractivity contribution in [2.75, 3.05) is 0 Å². The first-order valence-corrected chi connectivity index (χ1v) is 14.3. The number of aryl methyl sites for hydroxylation is 1. The van der Waals surface area contributed by atoms with E-state index in [-0.39, 0.29) is 27.9 Å². The van der Waals surface area contributed by atoms with E-state index < -0.39 is 10.1 Å². The molecule has 1 unspecified atom stereocenters. The number of aliphatic hydroxyl groups is 1. The second-order valence-corrected chi connectivity index (χ2v) is 13.5. The predicted molar refractivity (Wildman–Crippen MR) is 130 cm³/mol. The van der Waals surface area contributed by atoms with Crippen LogP contribution in [0.25, 0.3) is 0 Å². The van der Waals surface area contributed by atoms with Gasteiger partial charge in [-0.05, 0) is 112 Å². The van der Waals surface area contributed by atoms with Crippen molar-refractivity contribution in [1.82, 2.24) is 0 Å². The van der Waals surface area contributed by atoms with Gasteiger partial charge < -0.3 is 5.11 Å². The summed E-state index contributed by atoms with van der Waals surface area (Å²) in [5, 5.41) is 10.4. The lowest BCUT2D eigenvalue weighted by molar-refractivity contribution is -0.0663. The Balaban J connectivity index is 1.33. The number of fused-ring (bicyclic) bond motifs is 5. The third-order valence-electron chi connectivity index (χ3n) is 10.3. The summed E-state index contributed by atoms with van der Waals surface area (Å²) >= 11 is 0. The Morgan fingerprint density at radius 2 is 1.76 bits per heavy atom. The van der Waals surface area contributed by atoms with E-state index in [1.807, 2.05) is 26.0 Å². The van der Waals surface area contributed by atoms with Crippen molar-refractivity contribution in [2.24, 2.45) is 34.5 Å². The van der Waals surface area contributed by atoms with Crippen LogP contribution in [0.4, 0.5) is 0 Å². The summed E-state index contributed by atoms with van der Waals surface area (Å²) in [6.45, 7) is 8.81. The van der Waals surface area contributed by atoms with E-state index in [0.29, 0.717) is 23.7 Å². The van der Waals surface area contributed by atoms with Crippen LogP contribution in [0.1, 0.15) is 77.7 Å². The highest BCUT2D eigenvalue weighted by atomic mass is 32.2. The average molecular weight is 473 g/mol. The van der Waals surface area contributed by atoms with E-state index >= 15 is 0 Å². The van der Waals surface area contributed by atoms with E-state index in [9.17, 15) is 13.5 Å². The number of rotatable bonds is 4. The zero-order valence-electron chi connectivity index (χ0n) is 20.6. The minimum atomic E-state index is -3.74. The molecular weight excluding hydrogens is 432 g/mol. The number of allylic oxidation sites excluding steroid dienone is 1. The maximum atomic E-state index is 12.9. The van der Waals surface area contributed by atoms with Crippen LogP contribution in [0.15, 0.2) is 40.8 Å². The van der Waals surface area contributed by atoms with Crippen LogP contribution >= 0.6 is 0 Å². The number of hydrogen-bond donors (Lipinski definition) is 1. The largest absolute Gasteiger partial charge is 0.393 e. The Labute approximate surface area is 199 Å². The zero-order chi connectivity index (χ0) is 23.6. The smallest absolute Gasteiger partial charge is 0.297 e. The van der Waals surface area contributed by atoms with Crippen molar-refractivity contribution < 1.29 is 17.7 Å². The van der Waals surface area contributed by atoms with Crippen molar-refractivity contribution in [3.8, 4) is 0 Å². The minimum Gasteiger partial charge on any atom is -0.393 e. The van der Waals surface area contributed by atoms with Crippen molar-refractivity contribution in [2.45, 2.75) is 96.2 Å². The number of aliphatic hydroxyl groups excluding tert-OH is 1. The summed E-state index contributed by atoms with van der Waals surface area (Å²) in [5.74, 6) is 2.48. The molecule has 0 radical (unpaired) electrons. The first-order valence-electron chi connectivity index (χ1n) is 12.9. The van der Waals surface area contributed by atoms with Gasteiger partial charge in [0.2, 0.25) is 0 Å². The molecule has 4 nitrogen and oxygen atoms in total. The fourth-order valence-corrected chi connectivity index (χ4v) is 9.59. The molecular formula is C28H40O4S. The molecule has 3 fully saturated rings. The molecule has 5 rings (SSSR count). The molecule has 33 heavy (non-hydrogen) atoms. The fraction of sp³-hybridized carbons (Fsp3) is 0.714. The molecule has 0 heterocycles. The summed E-state index contributed by atoms with van der Waals surface area (Å²) in [4.78, 5) is 0.250. The topological polar surface area (TPSA) is 63.6 Å².